The van der Waals surface area contributed by atoms with Crippen molar-refractivity contribution in [2.45, 2.75) is 37.6 Å². The van der Waals surface area contributed by atoms with Crippen molar-refractivity contribution in [1.82, 2.24) is 4.90 Å². The van der Waals surface area contributed by atoms with Gasteiger partial charge in [-0.25, -0.2) is 4.99 Å². The zero-order valence-electron chi connectivity index (χ0n) is 16.4. The van der Waals surface area contributed by atoms with E-state index in [0.717, 1.165) is 30.6 Å². The number of para-hydroxylation sites is 2. The van der Waals surface area contributed by atoms with E-state index in [4.69, 9.17) is 21.3 Å². The monoisotopic (exact) mass is 426 g/mol. The van der Waals surface area contributed by atoms with E-state index in [1.807, 2.05) is 41.3 Å². The molecular formula is C23H23ClN2O2S. The number of carbonyl (C=O) groups excluding carboxylic acids is 1. The molecule has 2 aliphatic rings. The van der Waals surface area contributed by atoms with Gasteiger partial charge in [-0.3, -0.25) is 9.69 Å². The number of hydrogen-bond acceptors (Lipinski definition) is 4. The van der Waals surface area contributed by atoms with Crippen LogP contribution in [0, 0.1) is 0 Å². The smallest absolute Gasteiger partial charge is 0.262 e. The highest BCUT2D eigenvalue weighted by Gasteiger charge is 2.51. The summed E-state index contributed by atoms with van der Waals surface area (Å²) in [5.41, 5.74) is 0.761. The van der Waals surface area contributed by atoms with Crippen LogP contribution in [0.2, 0.25) is 5.02 Å². The minimum atomic E-state index is -0.417. The number of nitrogens with zero attached hydrogens (tertiary/aromatic N) is 2. The van der Waals surface area contributed by atoms with Crippen LogP contribution in [0.3, 0.4) is 0 Å². The van der Waals surface area contributed by atoms with Gasteiger partial charge >= 0.3 is 0 Å². The molecule has 0 bridgehead atoms. The number of benzene rings is 2. The van der Waals surface area contributed by atoms with Crippen LogP contribution in [0.5, 0.6) is 5.75 Å². The summed E-state index contributed by atoms with van der Waals surface area (Å²) >= 11 is 7.86. The summed E-state index contributed by atoms with van der Waals surface area (Å²) in [6.45, 7) is 4.34. The fraction of sp³-hybridized carbons (Fsp3) is 0.304. The van der Waals surface area contributed by atoms with E-state index in [0.29, 0.717) is 27.2 Å². The fourth-order valence-corrected chi connectivity index (χ4v) is 5.55. The van der Waals surface area contributed by atoms with E-state index >= 15 is 0 Å². The number of hydrogen-bond donors (Lipinski definition) is 0. The molecule has 1 spiro atoms. The Kier molecular flexibility index (Phi) is 5.70. The number of methoxy groups -OCH3 is 1. The largest absolute Gasteiger partial charge is 0.494 e. The van der Waals surface area contributed by atoms with Gasteiger partial charge in [-0.1, -0.05) is 73.5 Å². The molecule has 1 heterocycles. The van der Waals surface area contributed by atoms with Crippen LogP contribution in [0.15, 0.2) is 65.0 Å². The van der Waals surface area contributed by atoms with Crippen molar-refractivity contribution < 1.29 is 9.53 Å². The first kappa shape index (κ1) is 20.0. The van der Waals surface area contributed by atoms with Crippen LogP contribution in [-0.4, -0.2) is 28.6 Å². The molecule has 4 rings (SSSR count). The summed E-state index contributed by atoms with van der Waals surface area (Å²) in [4.78, 5) is 21.4. The number of thioether (sulfide) groups is 1. The van der Waals surface area contributed by atoms with Gasteiger partial charge in [-0.15, -0.1) is 0 Å². The van der Waals surface area contributed by atoms with E-state index in [2.05, 4.69) is 6.58 Å². The van der Waals surface area contributed by atoms with Gasteiger partial charge in [0.1, 0.15) is 11.4 Å². The Morgan fingerprint density at radius 3 is 2.55 bits per heavy atom. The standard InChI is InChI=1S/C23H23ClN2O2S/c1-16-23(14-8-3-9-15-23)26(21(27)17-10-4-5-11-18(17)24)22(29-16)25-19-12-6-7-13-20(19)28-2/h4-7,10-13H,1,3,8-9,14-15H2,2H3. The van der Waals surface area contributed by atoms with Crippen LogP contribution >= 0.6 is 23.4 Å². The van der Waals surface area contributed by atoms with Crippen LogP contribution < -0.4 is 4.74 Å². The van der Waals surface area contributed by atoms with Gasteiger partial charge in [0.05, 0.1) is 23.2 Å². The van der Waals surface area contributed by atoms with Gasteiger partial charge < -0.3 is 4.74 Å². The first-order valence-corrected chi connectivity index (χ1v) is 10.9. The molecule has 6 heteroatoms. The maximum atomic E-state index is 13.7. The summed E-state index contributed by atoms with van der Waals surface area (Å²) < 4.78 is 5.46. The molecule has 1 saturated carbocycles. The molecule has 2 fully saturated rings. The van der Waals surface area contributed by atoms with E-state index < -0.39 is 5.54 Å². The molecule has 1 aliphatic carbocycles. The molecule has 0 radical (unpaired) electrons. The van der Waals surface area contributed by atoms with Crippen LogP contribution in [-0.2, 0) is 0 Å². The van der Waals surface area contributed by atoms with Gasteiger partial charge in [0.25, 0.3) is 5.91 Å². The van der Waals surface area contributed by atoms with Crippen LogP contribution in [0.1, 0.15) is 42.5 Å². The molecular weight excluding hydrogens is 404 g/mol. The Labute approximate surface area is 180 Å². The topological polar surface area (TPSA) is 41.9 Å². The fourth-order valence-electron chi connectivity index (χ4n) is 4.13. The van der Waals surface area contributed by atoms with Crippen molar-refractivity contribution >= 4 is 40.1 Å². The number of rotatable bonds is 3. The second-order valence-corrected chi connectivity index (χ2v) is 8.77. The molecule has 1 aliphatic heterocycles. The average molecular weight is 427 g/mol. The van der Waals surface area contributed by atoms with Crippen molar-refractivity contribution in [1.29, 1.82) is 0 Å². The third kappa shape index (κ3) is 3.58. The van der Waals surface area contributed by atoms with Gasteiger partial charge in [-0.2, -0.15) is 0 Å². The second-order valence-electron chi connectivity index (χ2n) is 7.30. The lowest BCUT2D eigenvalue weighted by Gasteiger charge is -2.41. The predicted molar refractivity (Wildman–Crippen MR) is 120 cm³/mol. The molecule has 150 valence electrons. The van der Waals surface area contributed by atoms with Crippen LogP contribution in [0.25, 0.3) is 0 Å². The first-order chi connectivity index (χ1) is 14.1. The minimum Gasteiger partial charge on any atom is -0.494 e. The van der Waals surface area contributed by atoms with Crippen molar-refractivity contribution in [3.63, 3.8) is 0 Å². The number of halogens is 1. The summed E-state index contributed by atoms with van der Waals surface area (Å²) in [5, 5.41) is 1.08. The third-order valence-electron chi connectivity index (χ3n) is 5.64. The quantitative estimate of drug-likeness (QED) is 0.566. The van der Waals surface area contributed by atoms with E-state index in [1.54, 1.807) is 19.2 Å². The Hall–Kier alpha value is -2.24. The highest BCUT2D eigenvalue weighted by atomic mass is 35.5. The highest BCUT2D eigenvalue weighted by Crippen LogP contribution is 2.52. The molecule has 29 heavy (non-hydrogen) atoms. The molecule has 0 unspecified atom stereocenters. The predicted octanol–water partition coefficient (Wildman–Crippen LogP) is 6.44. The number of carbonyl (C=O) groups is 1. The zero-order valence-corrected chi connectivity index (χ0v) is 17.9. The molecule has 2 aromatic rings. The molecule has 4 nitrogen and oxygen atoms in total. The van der Waals surface area contributed by atoms with E-state index in [1.165, 1.54) is 18.2 Å². The summed E-state index contributed by atoms with van der Waals surface area (Å²) in [6, 6.07) is 14.7. The zero-order chi connectivity index (χ0) is 20.4. The Balaban J connectivity index is 1.84. The average Bonchev–Trinajstić information content (AvgIpc) is 2.99. The molecule has 1 amide bonds. The maximum Gasteiger partial charge on any atom is 0.262 e. The van der Waals surface area contributed by atoms with Gasteiger partial charge in [0, 0.05) is 4.91 Å². The van der Waals surface area contributed by atoms with E-state index in [-0.39, 0.29) is 5.91 Å². The first-order valence-electron chi connectivity index (χ1n) is 9.75. The Bertz CT molecular complexity index is 982. The number of amides is 1. The third-order valence-corrected chi connectivity index (χ3v) is 7.05. The van der Waals surface area contributed by atoms with Gasteiger partial charge in [-0.05, 0) is 37.1 Å². The minimum absolute atomic E-state index is 0.128. The second kappa shape index (κ2) is 8.25. The van der Waals surface area contributed by atoms with Gasteiger partial charge in [0.2, 0.25) is 0 Å². The number of ether oxygens (including phenoxy) is 1. The van der Waals surface area contributed by atoms with Crippen molar-refractivity contribution in [2.24, 2.45) is 4.99 Å². The summed E-state index contributed by atoms with van der Waals surface area (Å²) in [7, 11) is 1.62. The Morgan fingerprint density at radius 2 is 1.83 bits per heavy atom. The molecule has 2 aromatic carbocycles. The molecule has 0 atom stereocenters. The Morgan fingerprint density at radius 1 is 1.14 bits per heavy atom. The lowest BCUT2D eigenvalue weighted by Crippen LogP contribution is -2.51. The number of amidine groups is 1. The van der Waals surface area contributed by atoms with E-state index in [9.17, 15) is 4.79 Å². The molecule has 0 aromatic heterocycles. The van der Waals surface area contributed by atoms with Crippen LogP contribution in [0.4, 0.5) is 5.69 Å². The lowest BCUT2D eigenvalue weighted by atomic mass is 9.80. The maximum absolute atomic E-state index is 13.7. The number of aliphatic imine (C=N–C) groups is 1. The normalized spacial score (nSPS) is 19.7. The highest BCUT2D eigenvalue weighted by molar-refractivity contribution is 8.17. The summed E-state index contributed by atoms with van der Waals surface area (Å²) in [6.07, 6.45) is 5.08. The summed E-state index contributed by atoms with van der Waals surface area (Å²) in [5.74, 6) is 0.540. The molecule has 0 N–H and O–H groups in total. The van der Waals surface area contributed by atoms with Crippen molar-refractivity contribution in [2.75, 3.05) is 7.11 Å². The van der Waals surface area contributed by atoms with Crippen molar-refractivity contribution in [3.8, 4) is 5.75 Å². The van der Waals surface area contributed by atoms with Gasteiger partial charge in [0.15, 0.2) is 5.17 Å². The lowest BCUT2D eigenvalue weighted by molar-refractivity contribution is 0.0701. The SMILES string of the molecule is C=C1SC(=Nc2ccccc2OC)N(C(=O)c2ccccc2Cl)C12CCCCC2. The van der Waals surface area contributed by atoms with Crippen molar-refractivity contribution in [3.05, 3.63) is 70.6 Å². The molecule has 1 saturated heterocycles.